The largest absolute Gasteiger partial charge is 0.383 e. The third-order valence-electron chi connectivity index (χ3n) is 3.37. The van der Waals surface area contributed by atoms with Gasteiger partial charge >= 0.3 is 0 Å². The summed E-state index contributed by atoms with van der Waals surface area (Å²) in [6, 6.07) is 7.05. The Kier molecular flexibility index (Phi) is 5.33. The number of anilines is 1. The fourth-order valence-corrected chi connectivity index (χ4v) is 2.31. The Morgan fingerprint density at radius 3 is 2.86 bits per heavy atom. The molecule has 0 aliphatic carbocycles. The van der Waals surface area contributed by atoms with Gasteiger partial charge in [-0.25, -0.2) is 9.37 Å². The van der Waals surface area contributed by atoms with Crippen molar-refractivity contribution in [2.45, 2.75) is 26.3 Å². The highest BCUT2D eigenvalue weighted by molar-refractivity contribution is 5.30. The van der Waals surface area contributed by atoms with Gasteiger partial charge in [0, 0.05) is 19.9 Å². The lowest BCUT2D eigenvalue weighted by Gasteiger charge is -2.16. The van der Waals surface area contributed by atoms with E-state index >= 15 is 0 Å². The smallest absolute Gasteiger partial charge is 0.203 e. The van der Waals surface area contributed by atoms with Crippen LogP contribution in [0.3, 0.4) is 0 Å². The normalized spacial score (nSPS) is 12.4. The van der Waals surface area contributed by atoms with Crippen LogP contribution in [-0.4, -0.2) is 29.8 Å². The number of hydrogen-bond acceptors (Lipinski definition) is 3. The highest BCUT2D eigenvalue weighted by atomic mass is 19.1. The average Bonchev–Trinajstić information content (AvgIpc) is 2.82. The molecule has 1 unspecified atom stereocenters. The first kappa shape index (κ1) is 15.5. The standard InChI is InChI=1S/C16H22FN3O/c1-12-10-20(13(2)11-21-3)16(19-12)18-9-8-14-6-4-5-7-15(14)17/h4-7,10,13H,8-9,11H2,1-3H3,(H,18,19). The van der Waals surface area contributed by atoms with Gasteiger partial charge in [0.25, 0.3) is 0 Å². The van der Waals surface area contributed by atoms with Crippen molar-refractivity contribution < 1.29 is 9.13 Å². The van der Waals surface area contributed by atoms with Crippen LogP contribution in [0.2, 0.25) is 0 Å². The van der Waals surface area contributed by atoms with Crippen LogP contribution in [0.25, 0.3) is 0 Å². The lowest BCUT2D eigenvalue weighted by atomic mass is 10.1. The Morgan fingerprint density at radius 1 is 1.38 bits per heavy atom. The Bertz CT molecular complexity index is 583. The molecule has 114 valence electrons. The van der Waals surface area contributed by atoms with Crippen molar-refractivity contribution in [3.63, 3.8) is 0 Å². The average molecular weight is 291 g/mol. The molecule has 0 aliphatic heterocycles. The van der Waals surface area contributed by atoms with Crippen molar-refractivity contribution in [2.24, 2.45) is 0 Å². The van der Waals surface area contributed by atoms with Crippen molar-refractivity contribution in [1.29, 1.82) is 0 Å². The predicted molar refractivity (Wildman–Crippen MR) is 82.1 cm³/mol. The van der Waals surface area contributed by atoms with Crippen molar-refractivity contribution in [2.75, 3.05) is 25.6 Å². The zero-order chi connectivity index (χ0) is 15.2. The lowest BCUT2D eigenvalue weighted by molar-refractivity contribution is 0.163. The van der Waals surface area contributed by atoms with E-state index in [4.69, 9.17) is 4.74 Å². The van der Waals surface area contributed by atoms with Crippen molar-refractivity contribution in [1.82, 2.24) is 9.55 Å². The van der Waals surface area contributed by atoms with E-state index in [1.807, 2.05) is 25.3 Å². The molecule has 21 heavy (non-hydrogen) atoms. The third-order valence-corrected chi connectivity index (χ3v) is 3.37. The Labute approximate surface area is 125 Å². The van der Waals surface area contributed by atoms with Crippen LogP contribution in [0, 0.1) is 12.7 Å². The van der Waals surface area contributed by atoms with Crippen LogP contribution in [-0.2, 0) is 11.2 Å². The van der Waals surface area contributed by atoms with Gasteiger partial charge in [-0.05, 0) is 31.9 Å². The van der Waals surface area contributed by atoms with Gasteiger partial charge in [-0.2, -0.15) is 0 Å². The number of nitrogens with one attached hydrogen (secondary N) is 1. The summed E-state index contributed by atoms with van der Waals surface area (Å²) in [7, 11) is 1.69. The number of aromatic nitrogens is 2. The highest BCUT2D eigenvalue weighted by Crippen LogP contribution is 2.16. The van der Waals surface area contributed by atoms with Crippen LogP contribution >= 0.6 is 0 Å². The summed E-state index contributed by atoms with van der Waals surface area (Å²) in [5, 5.41) is 3.28. The van der Waals surface area contributed by atoms with Crippen LogP contribution < -0.4 is 5.32 Å². The van der Waals surface area contributed by atoms with E-state index in [0.29, 0.717) is 25.1 Å². The zero-order valence-corrected chi connectivity index (χ0v) is 12.8. The molecular weight excluding hydrogens is 269 g/mol. The number of rotatable bonds is 7. The molecule has 2 rings (SSSR count). The second-order valence-corrected chi connectivity index (χ2v) is 5.19. The molecule has 1 aromatic heterocycles. The van der Waals surface area contributed by atoms with Crippen LogP contribution in [0.4, 0.5) is 10.3 Å². The number of ether oxygens (including phenoxy) is 1. The fourth-order valence-electron chi connectivity index (χ4n) is 2.31. The van der Waals surface area contributed by atoms with Gasteiger partial charge in [0.05, 0.1) is 18.3 Å². The number of hydrogen-bond donors (Lipinski definition) is 1. The summed E-state index contributed by atoms with van der Waals surface area (Å²) in [6.45, 7) is 5.29. The summed E-state index contributed by atoms with van der Waals surface area (Å²) < 4.78 is 20.8. The predicted octanol–water partition coefficient (Wildman–Crippen LogP) is 3.19. The quantitative estimate of drug-likeness (QED) is 0.851. The third kappa shape index (κ3) is 4.04. The molecule has 2 aromatic rings. The number of halogens is 1. The van der Waals surface area contributed by atoms with E-state index < -0.39 is 0 Å². The van der Waals surface area contributed by atoms with Gasteiger partial charge in [-0.3, -0.25) is 0 Å². The molecule has 0 amide bonds. The van der Waals surface area contributed by atoms with Gasteiger partial charge in [-0.15, -0.1) is 0 Å². The maximum Gasteiger partial charge on any atom is 0.203 e. The fraction of sp³-hybridized carbons (Fsp3) is 0.438. The van der Waals surface area contributed by atoms with Gasteiger partial charge < -0.3 is 14.6 Å². The molecule has 1 N–H and O–H groups in total. The molecule has 0 saturated heterocycles. The van der Waals surface area contributed by atoms with E-state index in [1.165, 1.54) is 6.07 Å². The minimum absolute atomic E-state index is 0.161. The molecule has 0 bridgehead atoms. The van der Waals surface area contributed by atoms with Crippen molar-refractivity contribution in [3.8, 4) is 0 Å². The number of methoxy groups -OCH3 is 1. The summed E-state index contributed by atoms with van der Waals surface area (Å²) in [6.07, 6.45) is 2.62. The minimum Gasteiger partial charge on any atom is -0.383 e. The molecule has 1 atom stereocenters. The SMILES string of the molecule is COCC(C)n1cc(C)nc1NCCc1ccccc1F. The highest BCUT2D eigenvalue weighted by Gasteiger charge is 2.11. The maximum absolute atomic E-state index is 13.6. The molecule has 0 fully saturated rings. The van der Waals surface area contributed by atoms with E-state index in [1.54, 1.807) is 13.2 Å². The molecule has 0 aliphatic rings. The first-order valence-electron chi connectivity index (χ1n) is 7.13. The van der Waals surface area contributed by atoms with Crippen LogP contribution in [0.5, 0.6) is 0 Å². The Balaban J connectivity index is 1.98. The monoisotopic (exact) mass is 291 g/mol. The number of benzene rings is 1. The van der Waals surface area contributed by atoms with Crippen LogP contribution in [0.1, 0.15) is 24.2 Å². The summed E-state index contributed by atoms with van der Waals surface area (Å²) >= 11 is 0. The van der Waals surface area contributed by atoms with Crippen molar-refractivity contribution in [3.05, 3.63) is 47.5 Å². The molecule has 5 heteroatoms. The number of imidazole rings is 1. The molecule has 0 saturated carbocycles. The minimum atomic E-state index is -0.161. The maximum atomic E-state index is 13.6. The summed E-state index contributed by atoms with van der Waals surface area (Å²) in [5.74, 6) is 0.639. The summed E-state index contributed by atoms with van der Waals surface area (Å²) in [4.78, 5) is 4.47. The van der Waals surface area contributed by atoms with E-state index in [0.717, 1.165) is 11.6 Å². The van der Waals surface area contributed by atoms with E-state index in [2.05, 4.69) is 21.8 Å². The topological polar surface area (TPSA) is 39.1 Å². The number of nitrogens with zero attached hydrogens (tertiary/aromatic N) is 2. The molecule has 4 nitrogen and oxygen atoms in total. The first-order valence-corrected chi connectivity index (χ1v) is 7.13. The molecule has 0 radical (unpaired) electrons. The lowest BCUT2D eigenvalue weighted by Crippen LogP contribution is -2.16. The van der Waals surface area contributed by atoms with Gasteiger partial charge in [0.1, 0.15) is 5.82 Å². The molecule has 0 spiro atoms. The molecule has 1 aromatic carbocycles. The first-order chi connectivity index (χ1) is 10.1. The summed E-state index contributed by atoms with van der Waals surface area (Å²) in [5.41, 5.74) is 1.66. The van der Waals surface area contributed by atoms with Crippen LogP contribution in [0.15, 0.2) is 30.5 Å². The second kappa shape index (κ2) is 7.22. The zero-order valence-electron chi connectivity index (χ0n) is 12.8. The molecular formula is C16H22FN3O. The van der Waals surface area contributed by atoms with Gasteiger partial charge in [0.2, 0.25) is 5.95 Å². The Hall–Kier alpha value is -1.88. The Morgan fingerprint density at radius 2 is 2.14 bits per heavy atom. The second-order valence-electron chi connectivity index (χ2n) is 5.19. The van der Waals surface area contributed by atoms with Gasteiger partial charge in [0.15, 0.2) is 0 Å². The van der Waals surface area contributed by atoms with Crippen molar-refractivity contribution >= 4 is 5.95 Å². The molecule has 1 heterocycles. The van der Waals surface area contributed by atoms with E-state index in [9.17, 15) is 4.39 Å². The van der Waals surface area contributed by atoms with E-state index in [-0.39, 0.29) is 11.9 Å². The number of aryl methyl sites for hydroxylation is 1. The van der Waals surface area contributed by atoms with Gasteiger partial charge in [-0.1, -0.05) is 18.2 Å².